The molecule has 1 amide bonds. The Bertz CT molecular complexity index is 547. The molecular formula is C13H18ClN3O3. The van der Waals surface area contributed by atoms with Crippen LogP contribution in [-0.4, -0.2) is 32.3 Å². The SMILES string of the molecule is Cc1nn(CC(=O)NC2(C(=O)O)CCCC2)c(C)c1Cl. The normalized spacial score (nSPS) is 17.1. The average molecular weight is 300 g/mol. The molecule has 110 valence electrons. The van der Waals surface area contributed by atoms with Crippen LogP contribution in [-0.2, 0) is 16.1 Å². The van der Waals surface area contributed by atoms with Crippen molar-refractivity contribution in [1.82, 2.24) is 15.1 Å². The molecule has 2 rings (SSSR count). The van der Waals surface area contributed by atoms with Gasteiger partial charge in [-0.25, -0.2) is 4.79 Å². The monoisotopic (exact) mass is 299 g/mol. The Labute approximate surface area is 122 Å². The number of rotatable bonds is 4. The Morgan fingerprint density at radius 3 is 2.45 bits per heavy atom. The van der Waals surface area contributed by atoms with E-state index < -0.39 is 11.5 Å². The number of aromatic nitrogens is 2. The fourth-order valence-corrected chi connectivity index (χ4v) is 2.78. The van der Waals surface area contributed by atoms with Gasteiger partial charge in [-0.2, -0.15) is 5.10 Å². The van der Waals surface area contributed by atoms with Gasteiger partial charge in [-0.1, -0.05) is 24.4 Å². The molecular weight excluding hydrogens is 282 g/mol. The molecule has 1 heterocycles. The van der Waals surface area contributed by atoms with Gasteiger partial charge in [0.2, 0.25) is 5.91 Å². The van der Waals surface area contributed by atoms with Gasteiger partial charge in [0.05, 0.1) is 16.4 Å². The molecule has 1 fully saturated rings. The van der Waals surface area contributed by atoms with E-state index in [4.69, 9.17) is 11.6 Å². The largest absolute Gasteiger partial charge is 0.480 e. The lowest BCUT2D eigenvalue weighted by molar-refractivity contribution is -0.147. The summed E-state index contributed by atoms with van der Waals surface area (Å²) in [6, 6.07) is 0. The van der Waals surface area contributed by atoms with Crippen LogP contribution in [0.25, 0.3) is 0 Å². The molecule has 1 aliphatic carbocycles. The lowest BCUT2D eigenvalue weighted by Gasteiger charge is -2.25. The number of amides is 1. The van der Waals surface area contributed by atoms with E-state index in [1.54, 1.807) is 13.8 Å². The number of carbonyl (C=O) groups excluding carboxylic acids is 1. The minimum Gasteiger partial charge on any atom is -0.480 e. The summed E-state index contributed by atoms with van der Waals surface area (Å²) in [6.07, 6.45) is 2.59. The summed E-state index contributed by atoms with van der Waals surface area (Å²) in [5, 5.41) is 16.7. The zero-order chi connectivity index (χ0) is 14.9. The summed E-state index contributed by atoms with van der Waals surface area (Å²) in [5.41, 5.74) is 0.248. The van der Waals surface area contributed by atoms with Crippen molar-refractivity contribution in [3.8, 4) is 0 Å². The third-order valence-corrected chi connectivity index (χ3v) is 4.38. The number of nitrogens with zero attached hydrogens (tertiary/aromatic N) is 2. The summed E-state index contributed by atoms with van der Waals surface area (Å²) in [7, 11) is 0. The van der Waals surface area contributed by atoms with E-state index in [0.717, 1.165) is 12.8 Å². The van der Waals surface area contributed by atoms with Gasteiger partial charge < -0.3 is 10.4 Å². The van der Waals surface area contributed by atoms with Crippen molar-refractivity contribution in [3.05, 3.63) is 16.4 Å². The summed E-state index contributed by atoms with van der Waals surface area (Å²) >= 11 is 6.02. The summed E-state index contributed by atoms with van der Waals surface area (Å²) in [6.45, 7) is 3.52. The Morgan fingerprint density at radius 1 is 1.40 bits per heavy atom. The fourth-order valence-electron chi connectivity index (χ4n) is 2.64. The first-order chi connectivity index (χ1) is 9.35. The van der Waals surface area contributed by atoms with E-state index in [1.807, 2.05) is 0 Å². The smallest absolute Gasteiger partial charge is 0.329 e. The Hall–Kier alpha value is -1.56. The minimum atomic E-state index is -1.11. The van der Waals surface area contributed by atoms with Crippen LogP contribution >= 0.6 is 11.6 Å². The first-order valence-electron chi connectivity index (χ1n) is 6.59. The number of hydrogen-bond acceptors (Lipinski definition) is 3. The molecule has 0 aliphatic heterocycles. The Balaban J connectivity index is 2.09. The average Bonchev–Trinajstić information content (AvgIpc) is 2.93. The van der Waals surface area contributed by atoms with Gasteiger partial charge in [-0.3, -0.25) is 9.48 Å². The molecule has 0 bridgehead atoms. The van der Waals surface area contributed by atoms with Crippen LogP contribution in [0.2, 0.25) is 5.02 Å². The number of aryl methyl sites for hydroxylation is 1. The second-order valence-electron chi connectivity index (χ2n) is 5.28. The molecule has 1 aromatic rings. The predicted octanol–water partition coefficient (Wildman–Crippen LogP) is 1.67. The maximum atomic E-state index is 12.1. The molecule has 20 heavy (non-hydrogen) atoms. The van der Waals surface area contributed by atoms with E-state index in [9.17, 15) is 14.7 Å². The van der Waals surface area contributed by atoms with Crippen LogP contribution in [0.5, 0.6) is 0 Å². The first kappa shape index (κ1) is 14.8. The highest BCUT2D eigenvalue weighted by atomic mass is 35.5. The van der Waals surface area contributed by atoms with Crippen LogP contribution in [0.15, 0.2) is 0 Å². The molecule has 1 saturated carbocycles. The van der Waals surface area contributed by atoms with Crippen LogP contribution < -0.4 is 5.32 Å². The molecule has 1 aromatic heterocycles. The van der Waals surface area contributed by atoms with Crippen molar-refractivity contribution in [2.45, 2.75) is 51.6 Å². The van der Waals surface area contributed by atoms with Crippen LogP contribution in [0.1, 0.15) is 37.1 Å². The zero-order valence-electron chi connectivity index (χ0n) is 11.6. The van der Waals surface area contributed by atoms with Crippen molar-refractivity contribution in [2.75, 3.05) is 0 Å². The van der Waals surface area contributed by atoms with Crippen LogP contribution in [0, 0.1) is 13.8 Å². The second kappa shape index (κ2) is 5.44. The topological polar surface area (TPSA) is 84.2 Å². The van der Waals surface area contributed by atoms with Gasteiger partial charge in [0.1, 0.15) is 12.1 Å². The second-order valence-corrected chi connectivity index (χ2v) is 5.66. The number of nitrogens with one attached hydrogen (secondary N) is 1. The summed E-state index contributed by atoms with van der Waals surface area (Å²) < 4.78 is 1.50. The molecule has 0 radical (unpaired) electrons. The van der Waals surface area contributed by atoms with Crippen molar-refractivity contribution < 1.29 is 14.7 Å². The van der Waals surface area contributed by atoms with E-state index >= 15 is 0 Å². The predicted molar refractivity (Wildman–Crippen MR) is 73.7 cm³/mol. The van der Waals surface area contributed by atoms with Gasteiger partial charge in [-0.05, 0) is 26.7 Å². The molecule has 6 nitrogen and oxygen atoms in total. The highest BCUT2D eigenvalue weighted by Crippen LogP contribution is 2.30. The highest BCUT2D eigenvalue weighted by molar-refractivity contribution is 6.31. The summed E-state index contributed by atoms with van der Waals surface area (Å²) in [5.74, 6) is -1.31. The number of carboxylic acid groups (broad SMARTS) is 1. The number of halogens is 1. The molecule has 0 spiro atoms. The highest BCUT2D eigenvalue weighted by Gasteiger charge is 2.42. The maximum absolute atomic E-state index is 12.1. The Kier molecular flexibility index (Phi) is 4.04. The lowest BCUT2D eigenvalue weighted by Crippen LogP contribution is -2.53. The molecule has 0 atom stereocenters. The first-order valence-corrected chi connectivity index (χ1v) is 6.97. The third kappa shape index (κ3) is 2.65. The molecule has 0 aromatic carbocycles. The summed E-state index contributed by atoms with van der Waals surface area (Å²) in [4.78, 5) is 23.5. The number of carboxylic acids is 1. The van der Waals surface area contributed by atoms with Gasteiger partial charge in [-0.15, -0.1) is 0 Å². The molecule has 0 saturated heterocycles. The van der Waals surface area contributed by atoms with E-state index in [1.165, 1.54) is 4.68 Å². The number of aliphatic carboxylic acids is 1. The van der Waals surface area contributed by atoms with E-state index in [0.29, 0.717) is 29.3 Å². The van der Waals surface area contributed by atoms with Gasteiger partial charge in [0.15, 0.2) is 0 Å². The fraction of sp³-hybridized carbons (Fsp3) is 0.615. The zero-order valence-corrected chi connectivity index (χ0v) is 12.3. The molecule has 2 N–H and O–H groups in total. The number of carbonyl (C=O) groups is 2. The van der Waals surface area contributed by atoms with Crippen molar-refractivity contribution >= 4 is 23.5 Å². The van der Waals surface area contributed by atoms with Crippen molar-refractivity contribution in [3.63, 3.8) is 0 Å². The molecule has 1 aliphatic rings. The number of hydrogen-bond donors (Lipinski definition) is 2. The van der Waals surface area contributed by atoms with Gasteiger partial charge in [0, 0.05) is 0 Å². The van der Waals surface area contributed by atoms with Crippen molar-refractivity contribution in [2.24, 2.45) is 0 Å². The Morgan fingerprint density at radius 2 is 2.00 bits per heavy atom. The lowest BCUT2D eigenvalue weighted by atomic mass is 9.98. The van der Waals surface area contributed by atoms with E-state index in [2.05, 4.69) is 10.4 Å². The van der Waals surface area contributed by atoms with Crippen LogP contribution in [0.3, 0.4) is 0 Å². The standard InChI is InChI=1S/C13H18ClN3O3/c1-8-11(14)9(2)17(16-8)7-10(18)15-13(12(19)20)5-3-4-6-13/h3-7H2,1-2H3,(H,15,18)(H,19,20). The van der Waals surface area contributed by atoms with Gasteiger partial charge >= 0.3 is 5.97 Å². The van der Waals surface area contributed by atoms with Gasteiger partial charge in [0.25, 0.3) is 0 Å². The van der Waals surface area contributed by atoms with E-state index in [-0.39, 0.29) is 12.5 Å². The molecule has 7 heteroatoms. The van der Waals surface area contributed by atoms with Crippen LogP contribution in [0.4, 0.5) is 0 Å². The quantitative estimate of drug-likeness (QED) is 0.885. The molecule has 0 unspecified atom stereocenters. The minimum absolute atomic E-state index is 0.0194. The maximum Gasteiger partial charge on any atom is 0.329 e. The van der Waals surface area contributed by atoms with Crippen molar-refractivity contribution in [1.29, 1.82) is 0 Å². The third-order valence-electron chi connectivity index (χ3n) is 3.83.